The molecule has 0 spiro atoms. The third-order valence-electron chi connectivity index (χ3n) is 4.03. The van der Waals surface area contributed by atoms with E-state index in [0.29, 0.717) is 11.3 Å². The van der Waals surface area contributed by atoms with Crippen molar-refractivity contribution in [3.63, 3.8) is 0 Å². The van der Waals surface area contributed by atoms with Gasteiger partial charge in [0.2, 0.25) is 5.75 Å². The van der Waals surface area contributed by atoms with Gasteiger partial charge in [-0.05, 0) is 28.5 Å². The van der Waals surface area contributed by atoms with Gasteiger partial charge in [-0.15, -0.1) is 0 Å². The quantitative estimate of drug-likeness (QED) is 0.470. The maximum Gasteiger partial charge on any atom is 0.387 e. The number of hydrogen-bond acceptors (Lipinski definition) is 5. The minimum Gasteiger partial charge on any atom is -0.427 e. The minimum atomic E-state index is -3.18. The molecule has 0 aromatic heterocycles. The first-order valence-electron chi connectivity index (χ1n) is 8.08. The van der Waals surface area contributed by atoms with E-state index in [9.17, 15) is 24.0 Å². The molecule has 8 heteroatoms. The van der Waals surface area contributed by atoms with Crippen LogP contribution in [0.1, 0.15) is 11.7 Å². The maximum absolute atomic E-state index is 12.5. The second kappa shape index (κ2) is 7.96. The van der Waals surface area contributed by atoms with Gasteiger partial charge in [0.05, 0.1) is 11.0 Å². The summed E-state index contributed by atoms with van der Waals surface area (Å²) in [5.41, 5.74) is 0.444. The zero-order valence-corrected chi connectivity index (χ0v) is 14.0. The standard InChI is InChI=1S/C19H16F2N2O4/c20-19(21)27-18-10-15(7-8-16(18)23(25)26)22-11-17(24)14-6-5-12-3-1-2-4-13(12)9-14/h1-10,17,19,22,24H,11H2. The van der Waals surface area contributed by atoms with Crippen LogP contribution in [0.4, 0.5) is 20.2 Å². The minimum absolute atomic E-state index is 0.0876. The van der Waals surface area contributed by atoms with Crippen molar-refractivity contribution in [3.8, 4) is 5.75 Å². The number of ether oxygens (including phenoxy) is 1. The molecule has 1 atom stereocenters. The number of hydrogen-bond donors (Lipinski definition) is 2. The molecule has 0 saturated carbocycles. The Kier molecular flexibility index (Phi) is 5.46. The highest BCUT2D eigenvalue weighted by Crippen LogP contribution is 2.31. The SMILES string of the molecule is O=[N+]([O-])c1ccc(NCC(O)c2ccc3ccccc3c2)cc1OC(F)F. The zero-order chi connectivity index (χ0) is 19.4. The lowest BCUT2D eigenvalue weighted by atomic mass is 10.0. The Balaban J connectivity index is 1.73. The Morgan fingerprint density at radius 2 is 1.81 bits per heavy atom. The van der Waals surface area contributed by atoms with E-state index in [2.05, 4.69) is 10.1 Å². The van der Waals surface area contributed by atoms with Crippen molar-refractivity contribution in [1.29, 1.82) is 0 Å². The number of nitro groups is 1. The molecule has 0 radical (unpaired) electrons. The largest absolute Gasteiger partial charge is 0.427 e. The molecular formula is C19H16F2N2O4. The number of benzene rings is 3. The monoisotopic (exact) mass is 374 g/mol. The number of halogens is 2. The summed E-state index contributed by atoms with van der Waals surface area (Å²) in [4.78, 5) is 10.1. The first kappa shape index (κ1) is 18.5. The van der Waals surface area contributed by atoms with Gasteiger partial charge in [0.1, 0.15) is 0 Å². The number of anilines is 1. The van der Waals surface area contributed by atoms with Gasteiger partial charge >= 0.3 is 12.3 Å². The Labute approximate surface area is 153 Å². The van der Waals surface area contributed by atoms with Crippen molar-refractivity contribution in [2.45, 2.75) is 12.7 Å². The Hall–Kier alpha value is -3.26. The zero-order valence-electron chi connectivity index (χ0n) is 14.0. The van der Waals surface area contributed by atoms with E-state index in [1.807, 2.05) is 36.4 Å². The molecule has 0 saturated heterocycles. The van der Waals surface area contributed by atoms with Crippen molar-refractivity contribution in [3.05, 3.63) is 76.3 Å². The second-order valence-corrected chi connectivity index (χ2v) is 5.82. The highest BCUT2D eigenvalue weighted by molar-refractivity contribution is 5.83. The van der Waals surface area contributed by atoms with Crippen molar-refractivity contribution in [1.82, 2.24) is 0 Å². The smallest absolute Gasteiger partial charge is 0.387 e. The number of alkyl halides is 2. The van der Waals surface area contributed by atoms with Crippen LogP contribution in [0.2, 0.25) is 0 Å². The molecule has 0 aliphatic rings. The van der Waals surface area contributed by atoms with Gasteiger partial charge in [-0.2, -0.15) is 8.78 Å². The van der Waals surface area contributed by atoms with Gasteiger partial charge in [0.25, 0.3) is 0 Å². The molecule has 0 amide bonds. The first-order chi connectivity index (χ1) is 12.9. The van der Waals surface area contributed by atoms with Crippen LogP contribution in [0.15, 0.2) is 60.7 Å². The van der Waals surface area contributed by atoms with Gasteiger partial charge in [-0.3, -0.25) is 10.1 Å². The topological polar surface area (TPSA) is 84.6 Å². The van der Waals surface area contributed by atoms with Crippen molar-refractivity contribution < 1.29 is 23.5 Å². The average molecular weight is 374 g/mol. The van der Waals surface area contributed by atoms with Gasteiger partial charge < -0.3 is 15.2 Å². The van der Waals surface area contributed by atoms with Crippen LogP contribution in [0.25, 0.3) is 10.8 Å². The molecule has 6 nitrogen and oxygen atoms in total. The van der Waals surface area contributed by atoms with Crippen LogP contribution >= 0.6 is 0 Å². The molecule has 3 aromatic carbocycles. The van der Waals surface area contributed by atoms with Crippen LogP contribution in [-0.2, 0) is 0 Å². The molecule has 0 aliphatic heterocycles. The van der Waals surface area contributed by atoms with Crippen molar-refractivity contribution in [2.24, 2.45) is 0 Å². The highest BCUT2D eigenvalue weighted by atomic mass is 19.3. The van der Waals surface area contributed by atoms with E-state index in [4.69, 9.17) is 0 Å². The predicted octanol–water partition coefficient (Wildman–Crippen LogP) is 4.49. The summed E-state index contributed by atoms with van der Waals surface area (Å²) in [5, 5.41) is 26.2. The van der Waals surface area contributed by atoms with E-state index >= 15 is 0 Å². The summed E-state index contributed by atoms with van der Waals surface area (Å²) in [7, 11) is 0. The Bertz CT molecular complexity index is 965. The van der Waals surface area contributed by atoms with Crippen LogP contribution in [0.5, 0.6) is 5.75 Å². The highest BCUT2D eigenvalue weighted by Gasteiger charge is 2.19. The molecule has 3 rings (SSSR count). The normalized spacial score (nSPS) is 12.1. The number of aliphatic hydroxyl groups excluding tert-OH is 1. The van der Waals surface area contributed by atoms with Crippen molar-refractivity contribution in [2.75, 3.05) is 11.9 Å². The van der Waals surface area contributed by atoms with E-state index in [0.717, 1.165) is 22.9 Å². The number of nitro benzene ring substituents is 1. The third kappa shape index (κ3) is 4.48. The Morgan fingerprint density at radius 1 is 1.07 bits per heavy atom. The van der Waals surface area contributed by atoms with E-state index in [-0.39, 0.29) is 6.54 Å². The van der Waals surface area contributed by atoms with E-state index < -0.39 is 29.1 Å². The fourth-order valence-electron chi connectivity index (χ4n) is 2.71. The van der Waals surface area contributed by atoms with Gasteiger partial charge in [0, 0.05) is 24.4 Å². The number of fused-ring (bicyclic) bond motifs is 1. The molecule has 27 heavy (non-hydrogen) atoms. The number of nitrogens with one attached hydrogen (secondary N) is 1. The summed E-state index contributed by atoms with van der Waals surface area (Å²) in [6, 6.07) is 16.8. The first-order valence-corrected chi connectivity index (χ1v) is 8.08. The molecule has 2 N–H and O–H groups in total. The molecular weight excluding hydrogens is 358 g/mol. The molecule has 3 aromatic rings. The molecule has 1 unspecified atom stereocenters. The number of aliphatic hydroxyl groups is 1. The lowest BCUT2D eigenvalue weighted by molar-refractivity contribution is -0.386. The van der Waals surface area contributed by atoms with Crippen LogP contribution in [-0.4, -0.2) is 23.2 Å². The molecule has 0 aliphatic carbocycles. The summed E-state index contributed by atoms with van der Waals surface area (Å²) >= 11 is 0. The summed E-state index contributed by atoms with van der Waals surface area (Å²) in [6.07, 6.45) is -0.857. The van der Waals surface area contributed by atoms with Crippen LogP contribution < -0.4 is 10.1 Å². The fourth-order valence-corrected chi connectivity index (χ4v) is 2.71. The molecule has 140 valence electrons. The summed E-state index contributed by atoms with van der Waals surface area (Å²) in [5.74, 6) is -0.541. The second-order valence-electron chi connectivity index (χ2n) is 5.82. The summed E-state index contributed by atoms with van der Waals surface area (Å²) in [6.45, 7) is -3.09. The molecule has 0 bridgehead atoms. The van der Waals surface area contributed by atoms with E-state index in [1.165, 1.54) is 6.07 Å². The summed E-state index contributed by atoms with van der Waals surface area (Å²) < 4.78 is 29.1. The lowest BCUT2D eigenvalue weighted by Crippen LogP contribution is -2.12. The maximum atomic E-state index is 12.5. The van der Waals surface area contributed by atoms with Crippen molar-refractivity contribution >= 4 is 22.1 Å². The predicted molar refractivity (Wildman–Crippen MR) is 97.1 cm³/mol. The molecule has 0 fully saturated rings. The number of nitrogens with zero attached hydrogens (tertiary/aromatic N) is 1. The van der Waals surface area contributed by atoms with Crippen LogP contribution in [0.3, 0.4) is 0 Å². The van der Waals surface area contributed by atoms with Gasteiger partial charge in [-0.25, -0.2) is 0 Å². The fraction of sp³-hybridized carbons (Fsp3) is 0.158. The number of rotatable bonds is 7. The lowest BCUT2D eigenvalue weighted by Gasteiger charge is -2.15. The Morgan fingerprint density at radius 3 is 2.52 bits per heavy atom. The average Bonchev–Trinajstić information content (AvgIpc) is 2.65. The van der Waals surface area contributed by atoms with Crippen LogP contribution in [0, 0.1) is 10.1 Å². The third-order valence-corrected chi connectivity index (χ3v) is 4.03. The van der Waals surface area contributed by atoms with E-state index in [1.54, 1.807) is 6.07 Å². The van der Waals surface area contributed by atoms with Gasteiger partial charge in [0.15, 0.2) is 0 Å². The molecule has 0 heterocycles. The van der Waals surface area contributed by atoms with Gasteiger partial charge in [-0.1, -0.05) is 36.4 Å².